The van der Waals surface area contributed by atoms with E-state index in [1.165, 1.54) is 11.8 Å². The van der Waals surface area contributed by atoms with Crippen LogP contribution in [0.2, 0.25) is 5.02 Å². The molecule has 0 spiro atoms. The van der Waals surface area contributed by atoms with Crippen molar-refractivity contribution in [2.24, 2.45) is 12.8 Å². The van der Waals surface area contributed by atoms with E-state index in [0.29, 0.717) is 37.2 Å². The minimum atomic E-state index is -0.733. The van der Waals surface area contributed by atoms with Gasteiger partial charge >= 0.3 is 0 Å². The summed E-state index contributed by atoms with van der Waals surface area (Å²) in [6, 6.07) is 11.6. The molecule has 0 saturated carbocycles. The molecule has 0 unspecified atom stereocenters. The quantitative estimate of drug-likeness (QED) is 0.407. The molecule has 4 aromatic rings. The molecule has 2 N–H and O–H groups in total. The Morgan fingerprint density at radius 3 is 2.55 bits per heavy atom. The number of rotatable bonds is 4. The molecule has 2 aromatic heterocycles. The van der Waals surface area contributed by atoms with Crippen LogP contribution in [0.4, 0.5) is 0 Å². The lowest BCUT2D eigenvalue weighted by atomic mass is 10.0. The Hall–Kier alpha value is -3.90. The van der Waals surface area contributed by atoms with Crippen molar-refractivity contribution in [3.05, 3.63) is 98.8 Å². The molecule has 2 aromatic carbocycles. The molecule has 196 valence electrons. The van der Waals surface area contributed by atoms with Gasteiger partial charge < -0.3 is 19.6 Å². The predicted molar refractivity (Wildman–Crippen MR) is 149 cm³/mol. The molecular formula is C29H30ClN5O3. The fraction of sp³-hybridized carbons (Fsp3) is 0.276. The van der Waals surface area contributed by atoms with Gasteiger partial charge in [-0.25, -0.2) is 4.98 Å². The van der Waals surface area contributed by atoms with Gasteiger partial charge in [-0.15, -0.1) is 0 Å². The maximum absolute atomic E-state index is 13.0. The summed E-state index contributed by atoms with van der Waals surface area (Å²) in [7, 11) is 1.79. The molecule has 0 radical (unpaired) electrons. The van der Waals surface area contributed by atoms with Crippen LogP contribution >= 0.6 is 11.6 Å². The van der Waals surface area contributed by atoms with E-state index >= 15 is 0 Å². The van der Waals surface area contributed by atoms with Gasteiger partial charge in [-0.3, -0.25) is 14.5 Å². The van der Waals surface area contributed by atoms with Gasteiger partial charge in [0.15, 0.2) is 0 Å². The van der Waals surface area contributed by atoms with E-state index < -0.39 is 5.91 Å². The highest BCUT2D eigenvalue weighted by molar-refractivity contribution is 6.30. The fourth-order valence-corrected chi connectivity index (χ4v) is 4.35. The van der Waals surface area contributed by atoms with Crippen molar-refractivity contribution in [3.63, 3.8) is 0 Å². The summed E-state index contributed by atoms with van der Waals surface area (Å²) in [6.45, 7) is 6.26. The molecule has 0 atom stereocenters. The summed E-state index contributed by atoms with van der Waals surface area (Å²) in [5.74, 6) is 5.61. The van der Waals surface area contributed by atoms with Gasteiger partial charge in [0.2, 0.25) is 5.43 Å². The number of morpholine rings is 1. The van der Waals surface area contributed by atoms with E-state index in [0.717, 1.165) is 29.2 Å². The first-order valence-electron chi connectivity index (χ1n) is 12.2. The molecule has 1 aliphatic heterocycles. The van der Waals surface area contributed by atoms with Gasteiger partial charge in [-0.2, -0.15) is 0 Å². The number of nitrogens with two attached hydrogens (primary N) is 1. The van der Waals surface area contributed by atoms with Gasteiger partial charge in [-0.1, -0.05) is 41.1 Å². The lowest BCUT2D eigenvalue weighted by molar-refractivity contribution is 0.0342. The van der Waals surface area contributed by atoms with Crippen molar-refractivity contribution in [2.75, 3.05) is 26.3 Å². The number of imidazole rings is 1. The number of halogens is 1. The Morgan fingerprint density at radius 1 is 1.18 bits per heavy atom. The number of aromatic nitrogens is 3. The third kappa shape index (κ3) is 6.90. The number of pyridine rings is 1. The normalized spacial score (nSPS) is 13.3. The fourth-order valence-electron chi connectivity index (χ4n) is 4.23. The van der Waals surface area contributed by atoms with E-state index in [1.807, 2.05) is 54.1 Å². The van der Waals surface area contributed by atoms with Crippen LogP contribution in [-0.2, 0) is 24.9 Å². The van der Waals surface area contributed by atoms with E-state index in [-0.39, 0.29) is 11.0 Å². The molecule has 8 nitrogen and oxygen atoms in total. The number of primary amides is 1. The largest absolute Gasteiger partial charge is 0.379 e. The number of aryl methyl sites for hydroxylation is 2. The van der Waals surface area contributed by atoms with Crippen LogP contribution in [0.1, 0.15) is 27.0 Å². The molecule has 1 amide bonds. The minimum absolute atomic E-state index is 0.0224. The molecule has 38 heavy (non-hydrogen) atoms. The van der Waals surface area contributed by atoms with Crippen molar-refractivity contribution < 1.29 is 9.53 Å². The Bertz CT molecular complexity index is 1510. The summed E-state index contributed by atoms with van der Waals surface area (Å²) in [5.41, 5.74) is 8.68. The number of hydrogen-bond acceptors (Lipinski definition) is 5. The smallest absolute Gasteiger partial charge is 0.254 e. The number of amides is 1. The maximum atomic E-state index is 13.0. The van der Waals surface area contributed by atoms with E-state index in [2.05, 4.69) is 21.7 Å². The predicted octanol–water partition coefficient (Wildman–Crippen LogP) is 3.37. The van der Waals surface area contributed by atoms with Crippen molar-refractivity contribution in [3.8, 4) is 11.8 Å². The molecule has 9 heteroatoms. The highest BCUT2D eigenvalue weighted by atomic mass is 35.5. The molecule has 1 saturated heterocycles. The first kappa shape index (κ1) is 27.1. The van der Waals surface area contributed by atoms with Gasteiger partial charge in [0, 0.05) is 61.2 Å². The Morgan fingerprint density at radius 2 is 1.92 bits per heavy atom. The average molecular weight is 532 g/mol. The number of benzene rings is 2. The third-order valence-corrected chi connectivity index (χ3v) is 6.42. The van der Waals surface area contributed by atoms with E-state index in [4.69, 9.17) is 22.1 Å². The van der Waals surface area contributed by atoms with Gasteiger partial charge in [0.05, 0.1) is 31.6 Å². The maximum Gasteiger partial charge on any atom is 0.254 e. The van der Waals surface area contributed by atoms with Gasteiger partial charge in [-0.05, 0) is 36.8 Å². The summed E-state index contributed by atoms with van der Waals surface area (Å²) in [5, 5.41) is 1.25. The number of fused-ring (bicyclic) bond motifs is 1. The van der Waals surface area contributed by atoms with E-state index in [1.54, 1.807) is 24.1 Å². The van der Waals surface area contributed by atoms with Crippen LogP contribution < -0.4 is 11.2 Å². The zero-order valence-corrected chi connectivity index (χ0v) is 22.2. The van der Waals surface area contributed by atoms with Crippen LogP contribution in [0.15, 0.2) is 66.1 Å². The molecular weight excluding hydrogens is 502 g/mol. The van der Waals surface area contributed by atoms with Crippen LogP contribution in [0.5, 0.6) is 0 Å². The lowest BCUT2D eigenvalue weighted by Crippen LogP contribution is -2.35. The first-order chi connectivity index (χ1) is 18.3. The summed E-state index contributed by atoms with van der Waals surface area (Å²) >= 11 is 5.61. The topological polar surface area (TPSA) is 95.4 Å². The van der Waals surface area contributed by atoms with Crippen molar-refractivity contribution in [1.82, 2.24) is 19.0 Å². The number of carbonyl (C=O) groups excluding carboxylic acids is 1. The molecule has 5 rings (SSSR count). The Kier molecular flexibility index (Phi) is 8.98. The SMILES string of the molecule is Cc1ccc(Cl)cc1.Cn1cc(C(N)=O)c(=O)c2cc(CN3CCOCC3)cc(C#CCn3ccnc3)c21. The second-order valence-corrected chi connectivity index (χ2v) is 9.54. The Balaban J connectivity index is 0.000000360. The summed E-state index contributed by atoms with van der Waals surface area (Å²) in [6.07, 6.45) is 6.73. The average Bonchev–Trinajstić information content (AvgIpc) is 3.42. The van der Waals surface area contributed by atoms with Gasteiger partial charge in [0.1, 0.15) is 5.56 Å². The molecule has 0 bridgehead atoms. The number of nitrogens with zero attached hydrogens (tertiary/aromatic N) is 4. The van der Waals surface area contributed by atoms with Crippen LogP contribution in [-0.4, -0.2) is 51.2 Å². The molecule has 3 heterocycles. The number of carbonyl (C=O) groups is 1. The monoisotopic (exact) mass is 531 g/mol. The van der Waals surface area contributed by atoms with Crippen LogP contribution in [0.25, 0.3) is 10.9 Å². The zero-order chi connectivity index (χ0) is 27.1. The highest BCUT2D eigenvalue weighted by Gasteiger charge is 2.17. The molecule has 0 aliphatic carbocycles. The summed E-state index contributed by atoms with van der Waals surface area (Å²) < 4.78 is 9.04. The van der Waals surface area contributed by atoms with Crippen molar-refractivity contribution in [1.29, 1.82) is 0 Å². The summed E-state index contributed by atoms with van der Waals surface area (Å²) in [4.78, 5) is 31.0. The highest BCUT2D eigenvalue weighted by Crippen LogP contribution is 2.20. The first-order valence-corrected chi connectivity index (χ1v) is 12.6. The second kappa shape index (κ2) is 12.6. The Labute approximate surface area is 226 Å². The zero-order valence-electron chi connectivity index (χ0n) is 21.5. The van der Waals surface area contributed by atoms with Crippen LogP contribution in [0, 0.1) is 18.8 Å². The third-order valence-electron chi connectivity index (χ3n) is 6.16. The standard InChI is InChI=1S/C22H23N5O3.C7H7Cl/c1-25-14-19(22(23)29)21(28)18-12-16(13-26-7-9-30-10-8-26)11-17(20(18)25)3-2-5-27-6-4-24-15-27;1-6-2-4-7(8)5-3-6/h4,6,11-12,14-15H,5,7-10,13H2,1H3,(H2,23,29);2-5H,1H3. The number of hydrogen-bond donors (Lipinski definition) is 1. The van der Waals surface area contributed by atoms with Crippen molar-refractivity contribution >= 4 is 28.4 Å². The minimum Gasteiger partial charge on any atom is -0.379 e. The lowest BCUT2D eigenvalue weighted by Gasteiger charge is -2.26. The molecule has 1 fully saturated rings. The van der Waals surface area contributed by atoms with Gasteiger partial charge in [0.25, 0.3) is 5.91 Å². The van der Waals surface area contributed by atoms with Crippen molar-refractivity contribution in [2.45, 2.75) is 20.0 Å². The molecule has 1 aliphatic rings. The van der Waals surface area contributed by atoms with Crippen LogP contribution in [0.3, 0.4) is 0 Å². The second-order valence-electron chi connectivity index (χ2n) is 9.11. The number of ether oxygens (including phenoxy) is 1. The van der Waals surface area contributed by atoms with E-state index in [9.17, 15) is 9.59 Å².